The minimum absolute atomic E-state index is 0.219. The average Bonchev–Trinajstić information content (AvgIpc) is 2.33. The Morgan fingerprint density at radius 3 is 2.82 bits per heavy atom. The van der Waals surface area contributed by atoms with Crippen molar-refractivity contribution < 1.29 is 9.90 Å². The molecule has 0 saturated carbocycles. The summed E-state index contributed by atoms with van der Waals surface area (Å²) in [5.41, 5.74) is 1.13. The van der Waals surface area contributed by atoms with E-state index in [1.54, 1.807) is 0 Å². The second kappa shape index (κ2) is 7.79. The molecular weight excluding hydrogens is 216 g/mol. The Labute approximate surface area is 102 Å². The van der Waals surface area contributed by atoms with Gasteiger partial charge in [0.05, 0.1) is 6.42 Å². The summed E-state index contributed by atoms with van der Waals surface area (Å²) in [6.07, 6.45) is 5.19. The van der Waals surface area contributed by atoms with Crippen molar-refractivity contribution in [2.45, 2.75) is 25.7 Å². The van der Waals surface area contributed by atoms with Gasteiger partial charge in [-0.1, -0.05) is 6.07 Å². The largest absolute Gasteiger partial charge is 0.481 e. The first-order chi connectivity index (χ1) is 8.18. The molecule has 0 saturated heterocycles. The van der Waals surface area contributed by atoms with Gasteiger partial charge < -0.3 is 10.0 Å². The molecule has 0 spiro atoms. The lowest BCUT2D eigenvalue weighted by Gasteiger charge is -2.14. The summed E-state index contributed by atoms with van der Waals surface area (Å²) >= 11 is 0. The van der Waals surface area contributed by atoms with E-state index in [0.717, 1.165) is 31.5 Å². The number of hydrogen-bond donors (Lipinski definition) is 1. The summed E-state index contributed by atoms with van der Waals surface area (Å²) in [4.78, 5) is 16.7. The highest BCUT2D eigenvalue weighted by Gasteiger charge is 2.02. The van der Waals surface area contributed by atoms with Gasteiger partial charge in [-0.15, -0.1) is 0 Å². The van der Waals surface area contributed by atoms with Gasteiger partial charge in [-0.05, 0) is 45.0 Å². The number of rotatable bonds is 8. The van der Waals surface area contributed by atoms with Crippen LogP contribution >= 0.6 is 0 Å². The zero-order valence-electron chi connectivity index (χ0n) is 10.3. The van der Waals surface area contributed by atoms with Gasteiger partial charge in [0, 0.05) is 18.4 Å². The highest BCUT2D eigenvalue weighted by molar-refractivity contribution is 5.66. The van der Waals surface area contributed by atoms with E-state index < -0.39 is 5.97 Å². The van der Waals surface area contributed by atoms with Crippen LogP contribution in [0.25, 0.3) is 0 Å². The maximum absolute atomic E-state index is 10.4. The van der Waals surface area contributed by atoms with E-state index in [2.05, 4.69) is 9.88 Å². The van der Waals surface area contributed by atoms with Crippen LogP contribution in [0.1, 0.15) is 25.0 Å². The molecule has 0 aliphatic carbocycles. The van der Waals surface area contributed by atoms with E-state index in [-0.39, 0.29) is 6.42 Å². The molecule has 1 heterocycles. The predicted molar refractivity (Wildman–Crippen MR) is 66.9 cm³/mol. The molecule has 4 heteroatoms. The first-order valence-electron chi connectivity index (χ1n) is 5.98. The van der Waals surface area contributed by atoms with Crippen LogP contribution in [0.3, 0.4) is 0 Å². The van der Waals surface area contributed by atoms with Crippen LogP contribution in [0.15, 0.2) is 24.4 Å². The van der Waals surface area contributed by atoms with Crippen molar-refractivity contribution in [2.24, 2.45) is 0 Å². The van der Waals surface area contributed by atoms with Crippen molar-refractivity contribution in [3.05, 3.63) is 30.1 Å². The van der Waals surface area contributed by atoms with Gasteiger partial charge in [0.1, 0.15) is 0 Å². The molecule has 0 aromatic carbocycles. The molecule has 94 valence electrons. The summed E-state index contributed by atoms with van der Waals surface area (Å²) in [5.74, 6) is -0.731. The standard InChI is InChI=1S/C13H20N2O2/c1-15(11-8-13(16)17)10-5-3-7-12-6-2-4-9-14-12/h2,4,6,9H,3,5,7-8,10-11H2,1H3,(H,16,17). The number of aryl methyl sites for hydroxylation is 1. The second-order valence-corrected chi connectivity index (χ2v) is 4.23. The van der Waals surface area contributed by atoms with Crippen LogP contribution < -0.4 is 0 Å². The van der Waals surface area contributed by atoms with Gasteiger partial charge in [0.15, 0.2) is 0 Å². The molecule has 0 fully saturated rings. The average molecular weight is 236 g/mol. The molecule has 0 aliphatic rings. The van der Waals surface area contributed by atoms with E-state index in [4.69, 9.17) is 5.11 Å². The lowest BCUT2D eigenvalue weighted by Crippen LogP contribution is -2.23. The number of aromatic nitrogens is 1. The summed E-state index contributed by atoms with van der Waals surface area (Å²) in [6.45, 7) is 1.57. The summed E-state index contributed by atoms with van der Waals surface area (Å²) in [5, 5.41) is 8.55. The number of carboxylic acids is 1. The van der Waals surface area contributed by atoms with E-state index >= 15 is 0 Å². The number of carboxylic acid groups (broad SMARTS) is 1. The van der Waals surface area contributed by atoms with Crippen molar-refractivity contribution in [3.63, 3.8) is 0 Å². The van der Waals surface area contributed by atoms with Crippen LogP contribution in [-0.4, -0.2) is 41.1 Å². The number of aliphatic carboxylic acids is 1. The van der Waals surface area contributed by atoms with E-state index in [1.165, 1.54) is 0 Å². The van der Waals surface area contributed by atoms with Crippen molar-refractivity contribution in [1.82, 2.24) is 9.88 Å². The third-order valence-electron chi connectivity index (χ3n) is 2.66. The van der Waals surface area contributed by atoms with Gasteiger partial charge in [-0.2, -0.15) is 0 Å². The van der Waals surface area contributed by atoms with Gasteiger partial charge in [0.25, 0.3) is 0 Å². The van der Waals surface area contributed by atoms with Crippen molar-refractivity contribution >= 4 is 5.97 Å². The highest BCUT2D eigenvalue weighted by atomic mass is 16.4. The predicted octanol–water partition coefficient (Wildman–Crippen LogP) is 1.81. The number of hydrogen-bond acceptors (Lipinski definition) is 3. The third-order valence-corrected chi connectivity index (χ3v) is 2.66. The lowest BCUT2D eigenvalue weighted by atomic mass is 10.2. The quantitative estimate of drug-likeness (QED) is 0.699. The van der Waals surface area contributed by atoms with Crippen LogP contribution in [0, 0.1) is 0 Å². The molecular formula is C13H20N2O2. The minimum atomic E-state index is -0.731. The Bertz CT molecular complexity index is 327. The molecule has 1 N–H and O–H groups in total. The van der Waals surface area contributed by atoms with Crippen molar-refractivity contribution in [2.75, 3.05) is 20.1 Å². The number of pyridine rings is 1. The Morgan fingerprint density at radius 2 is 2.18 bits per heavy atom. The van der Waals surface area contributed by atoms with Crippen molar-refractivity contribution in [3.8, 4) is 0 Å². The molecule has 0 amide bonds. The molecule has 4 nitrogen and oxygen atoms in total. The first-order valence-corrected chi connectivity index (χ1v) is 5.98. The van der Waals surface area contributed by atoms with Crippen LogP contribution in [0.2, 0.25) is 0 Å². The SMILES string of the molecule is CN(CCCCc1ccccn1)CCC(=O)O. The molecule has 1 aromatic rings. The monoisotopic (exact) mass is 236 g/mol. The molecule has 0 radical (unpaired) electrons. The van der Waals surface area contributed by atoms with Crippen LogP contribution in [0.4, 0.5) is 0 Å². The highest BCUT2D eigenvalue weighted by Crippen LogP contribution is 2.02. The summed E-state index contributed by atoms with van der Waals surface area (Å²) in [6, 6.07) is 5.96. The minimum Gasteiger partial charge on any atom is -0.481 e. The fraction of sp³-hybridized carbons (Fsp3) is 0.538. The zero-order valence-corrected chi connectivity index (χ0v) is 10.3. The fourth-order valence-corrected chi connectivity index (χ4v) is 1.63. The molecule has 0 unspecified atom stereocenters. The van der Waals surface area contributed by atoms with E-state index in [1.807, 2.05) is 31.4 Å². The van der Waals surface area contributed by atoms with Gasteiger partial charge >= 0.3 is 5.97 Å². The van der Waals surface area contributed by atoms with Gasteiger partial charge in [-0.25, -0.2) is 0 Å². The molecule has 17 heavy (non-hydrogen) atoms. The maximum atomic E-state index is 10.4. The molecule has 0 bridgehead atoms. The fourth-order valence-electron chi connectivity index (χ4n) is 1.63. The van der Waals surface area contributed by atoms with Crippen LogP contribution in [0.5, 0.6) is 0 Å². The topological polar surface area (TPSA) is 53.4 Å². The Balaban J connectivity index is 2.06. The van der Waals surface area contributed by atoms with E-state index in [9.17, 15) is 4.79 Å². The maximum Gasteiger partial charge on any atom is 0.304 e. The molecule has 0 atom stereocenters. The molecule has 0 aliphatic heterocycles. The number of unbranched alkanes of at least 4 members (excludes halogenated alkanes) is 1. The van der Waals surface area contributed by atoms with Crippen LogP contribution in [-0.2, 0) is 11.2 Å². The normalized spacial score (nSPS) is 10.7. The van der Waals surface area contributed by atoms with Crippen molar-refractivity contribution in [1.29, 1.82) is 0 Å². The van der Waals surface area contributed by atoms with E-state index in [0.29, 0.717) is 6.54 Å². The second-order valence-electron chi connectivity index (χ2n) is 4.23. The zero-order chi connectivity index (χ0) is 12.5. The lowest BCUT2D eigenvalue weighted by molar-refractivity contribution is -0.137. The summed E-state index contributed by atoms with van der Waals surface area (Å²) < 4.78 is 0. The summed E-state index contributed by atoms with van der Waals surface area (Å²) in [7, 11) is 1.96. The Morgan fingerprint density at radius 1 is 1.35 bits per heavy atom. The smallest absolute Gasteiger partial charge is 0.304 e. The van der Waals surface area contributed by atoms with Gasteiger partial charge in [-0.3, -0.25) is 9.78 Å². The molecule has 1 aromatic heterocycles. The Hall–Kier alpha value is -1.42. The first kappa shape index (κ1) is 13.6. The number of nitrogens with zero attached hydrogens (tertiary/aromatic N) is 2. The molecule has 1 rings (SSSR count). The van der Waals surface area contributed by atoms with Gasteiger partial charge in [0.2, 0.25) is 0 Å². The Kier molecular flexibility index (Phi) is 6.25. The number of carbonyl (C=O) groups is 1. The third kappa shape index (κ3) is 6.68.